The summed E-state index contributed by atoms with van der Waals surface area (Å²) < 4.78 is 27.3. The predicted molar refractivity (Wildman–Crippen MR) is 152 cm³/mol. The summed E-state index contributed by atoms with van der Waals surface area (Å²) in [7, 11) is -2.78. The summed E-state index contributed by atoms with van der Waals surface area (Å²) >= 11 is 0. The summed E-state index contributed by atoms with van der Waals surface area (Å²) in [4.78, 5) is 34.5. The van der Waals surface area contributed by atoms with Crippen LogP contribution in [0.1, 0.15) is 45.2 Å². The van der Waals surface area contributed by atoms with Crippen molar-refractivity contribution in [2.45, 2.75) is 25.2 Å². The molecule has 12 heteroatoms. The van der Waals surface area contributed by atoms with Crippen molar-refractivity contribution in [2.75, 3.05) is 20.3 Å². The summed E-state index contributed by atoms with van der Waals surface area (Å²) in [5, 5.41) is 30.5. The van der Waals surface area contributed by atoms with Crippen molar-refractivity contribution in [2.24, 2.45) is 4.99 Å². The zero-order valence-electron chi connectivity index (χ0n) is 22.6. The monoisotopic (exact) mass is 579 g/mol. The normalized spacial score (nSPS) is 12.3. The van der Waals surface area contributed by atoms with Crippen LogP contribution in [0.15, 0.2) is 76.6 Å². The number of aryl methyl sites for hydroxylation is 1. The number of hydroxylamine groups is 1. The topological polar surface area (TPSA) is 159 Å². The largest absolute Gasteiger partial charge is 0.494 e. The van der Waals surface area contributed by atoms with Crippen LogP contribution in [0.5, 0.6) is 5.88 Å². The van der Waals surface area contributed by atoms with Crippen molar-refractivity contribution in [3.8, 4) is 5.88 Å². The van der Waals surface area contributed by atoms with E-state index in [-0.39, 0.29) is 46.9 Å². The molecule has 0 saturated carbocycles. The Morgan fingerprint density at radius 2 is 1.71 bits per heavy atom. The van der Waals surface area contributed by atoms with Crippen LogP contribution in [0, 0.1) is 6.92 Å². The number of nitrogens with zero attached hydrogens (tertiary/aromatic N) is 3. The molecule has 0 aliphatic rings. The third-order valence-corrected chi connectivity index (χ3v) is 8.08. The number of hydrogen-bond acceptors (Lipinski definition) is 8. The lowest BCUT2D eigenvalue weighted by atomic mass is 9.98. The Morgan fingerprint density at radius 1 is 1.05 bits per heavy atom. The van der Waals surface area contributed by atoms with E-state index in [4.69, 9.17) is 14.9 Å². The first-order chi connectivity index (χ1) is 19.5. The molecule has 0 fully saturated rings. The van der Waals surface area contributed by atoms with E-state index in [0.717, 1.165) is 4.57 Å². The van der Waals surface area contributed by atoms with Crippen LogP contribution < -0.4 is 0 Å². The van der Waals surface area contributed by atoms with E-state index < -0.39 is 27.8 Å². The van der Waals surface area contributed by atoms with Gasteiger partial charge in [0.25, 0.3) is 10.0 Å². The van der Waals surface area contributed by atoms with Gasteiger partial charge in [-0.3, -0.25) is 9.63 Å². The summed E-state index contributed by atoms with van der Waals surface area (Å²) in [5.74, 6) is -1.99. The molecule has 0 saturated heterocycles. The second-order valence-corrected chi connectivity index (χ2v) is 11.0. The number of rotatable bonds is 10. The van der Waals surface area contributed by atoms with Gasteiger partial charge < -0.3 is 15.3 Å². The molecule has 0 aliphatic carbocycles. The van der Waals surface area contributed by atoms with Gasteiger partial charge in [0.2, 0.25) is 11.8 Å². The summed E-state index contributed by atoms with van der Waals surface area (Å²) in [6, 6.07) is 17.5. The number of aromatic hydroxyl groups is 1. The predicted octanol–water partition coefficient (Wildman–Crippen LogP) is 4.12. The van der Waals surface area contributed by atoms with Gasteiger partial charge in [-0.25, -0.2) is 22.8 Å². The average Bonchev–Trinajstić information content (AvgIpc) is 3.24. The Morgan fingerprint density at radius 3 is 2.29 bits per heavy atom. The number of carbonyl (C=O) groups excluding carboxylic acids is 1. The quantitative estimate of drug-likeness (QED) is 0.187. The highest BCUT2D eigenvalue weighted by atomic mass is 32.2. The van der Waals surface area contributed by atoms with E-state index in [0.29, 0.717) is 26.7 Å². The number of aromatic carboxylic acids is 1. The summed E-state index contributed by atoms with van der Waals surface area (Å²) in [5.41, 5.74) is 2.11. The number of carbonyl (C=O) groups is 2. The number of aliphatic hydroxyl groups is 1. The maximum Gasteiger partial charge on any atom is 0.336 e. The number of benzene rings is 3. The third-order valence-electron chi connectivity index (χ3n) is 6.43. The van der Waals surface area contributed by atoms with E-state index in [1.807, 2.05) is 6.07 Å². The molecule has 11 nitrogen and oxygen atoms in total. The second-order valence-electron chi connectivity index (χ2n) is 9.06. The molecule has 0 radical (unpaired) electrons. The Labute approximate surface area is 236 Å². The molecule has 1 heterocycles. The number of hydrogen-bond donors (Lipinski definition) is 3. The Hall–Kier alpha value is -4.36. The van der Waals surface area contributed by atoms with Gasteiger partial charge in [0, 0.05) is 24.4 Å². The lowest BCUT2D eigenvalue weighted by Gasteiger charge is -2.16. The molecule has 3 aromatic carbocycles. The zero-order valence-corrected chi connectivity index (χ0v) is 23.4. The summed E-state index contributed by atoms with van der Waals surface area (Å²) in [6.07, 6.45) is 0.0529. The Bertz CT molecular complexity index is 1740. The number of sulfonamides is 1. The lowest BCUT2D eigenvalue weighted by Crippen LogP contribution is -2.28. The number of aromatic nitrogens is 1. The molecular formula is C29H29N3O8S. The van der Waals surface area contributed by atoms with Gasteiger partial charge in [0.1, 0.15) is 0 Å². The van der Waals surface area contributed by atoms with Crippen molar-refractivity contribution >= 4 is 44.2 Å². The molecule has 41 heavy (non-hydrogen) atoms. The van der Waals surface area contributed by atoms with Crippen LogP contribution in [0.25, 0.3) is 10.9 Å². The molecule has 0 aliphatic heterocycles. The zero-order chi connectivity index (χ0) is 29.9. The fraction of sp³-hybridized carbons (Fsp3) is 0.207. The van der Waals surface area contributed by atoms with Gasteiger partial charge in [-0.1, -0.05) is 41.7 Å². The van der Waals surface area contributed by atoms with Crippen LogP contribution >= 0.6 is 0 Å². The molecule has 0 amide bonds. The average molecular weight is 580 g/mol. The standard InChI is InChI=1S/C29H29N3O8S/c1-4-25(34)32-24-17-22(29(36)37)18(2)16-23(24)26(28(32)35)27(19-8-6-5-7-9-19)30-20-10-12-21(13-11-20)41(38,39)31(3)40-15-14-33/h5-13,16-17,33,35H,4,14-15H2,1-3H3,(H,36,37). The molecular weight excluding hydrogens is 550 g/mol. The van der Waals surface area contributed by atoms with Crippen LogP contribution in [-0.2, 0) is 14.9 Å². The molecule has 4 rings (SSSR count). The van der Waals surface area contributed by atoms with Crippen molar-refractivity contribution in [1.82, 2.24) is 9.04 Å². The molecule has 0 atom stereocenters. The molecule has 0 unspecified atom stereocenters. The van der Waals surface area contributed by atoms with E-state index in [2.05, 4.69) is 0 Å². The van der Waals surface area contributed by atoms with Crippen LogP contribution in [0.2, 0.25) is 0 Å². The molecule has 0 bridgehead atoms. The van der Waals surface area contributed by atoms with E-state index in [1.165, 1.54) is 37.4 Å². The maximum atomic E-state index is 12.9. The second kappa shape index (κ2) is 12.0. The number of carboxylic acid groups (broad SMARTS) is 1. The maximum absolute atomic E-state index is 12.9. The van der Waals surface area contributed by atoms with Gasteiger partial charge in [0.05, 0.1) is 46.2 Å². The molecule has 3 N–H and O–H groups in total. The van der Waals surface area contributed by atoms with E-state index in [9.17, 15) is 28.2 Å². The minimum absolute atomic E-state index is 0.00497. The molecule has 214 valence electrons. The van der Waals surface area contributed by atoms with Crippen LogP contribution in [-0.4, -0.2) is 70.6 Å². The third kappa shape index (κ3) is 5.77. The fourth-order valence-corrected chi connectivity index (χ4v) is 5.36. The molecule has 1 aromatic heterocycles. The Kier molecular flexibility index (Phi) is 8.69. The van der Waals surface area contributed by atoms with Crippen molar-refractivity contribution in [1.29, 1.82) is 0 Å². The number of fused-ring (bicyclic) bond motifs is 1. The first-order valence-electron chi connectivity index (χ1n) is 12.6. The van der Waals surface area contributed by atoms with E-state index in [1.54, 1.807) is 44.2 Å². The van der Waals surface area contributed by atoms with Gasteiger partial charge in [-0.05, 0) is 48.9 Å². The van der Waals surface area contributed by atoms with Crippen molar-refractivity contribution < 1.29 is 38.2 Å². The van der Waals surface area contributed by atoms with Crippen LogP contribution in [0.3, 0.4) is 0 Å². The Balaban J connectivity index is 1.94. The SMILES string of the molecule is CCC(=O)n1c(O)c(C(=Nc2ccc(S(=O)(=O)N(C)OCCO)cc2)c2ccccc2)c2cc(C)c(C(=O)O)cc21. The molecule has 4 aromatic rings. The highest BCUT2D eigenvalue weighted by molar-refractivity contribution is 7.89. The van der Waals surface area contributed by atoms with Gasteiger partial charge in [-0.2, -0.15) is 0 Å². The van der Waals surface area contributed by atoms with Crippen molar-refractivity contribution in [3.05, 3.63) is 89.0 Å². The highest BCUT2D eigenvalue weighted by Gasteiger charge is 2.27. The van der Waals surface area contributed by atoms with Gasteiger partial charge in [-0.15, -0.1) is 0 Å². The smallest absolute Gasteiger partial charge is 0.336 e. The van der Waals surface area contributed by atoms with E-state index >= 15 is 0 Å². The number of aliphatic hydroxyl groups excluding tert-OH is 1. The van der Waals surface area contributed by atoms with Crippen molar-refractivity contribution in [3.63, 3.8) is 0 Å². The molecule has 0 spiro atoms. The number of aliphatic imine (C=N–C) groups is 1. The summed E-state index contributed by atoms with van der Waals surface area (Å²) in [6.45, 7) is 2.72. The minimum atomic E-state index is -4.00. The minimum Gasteiger partial charge on any atom is -0.494 e. The van der Waals surface area contributed by atoms with Gasteiger partial charge >= 0.3 is 5.97 Å². The lowest BCUT2D eigenvalue weighted by molar-refractivity contribution is -0.0770. The van der Waals surface area contributed by atoms with Gasteiger partial charge in [0.15, 0.2) is 0 Å². The fourth-order valence-electron chi connectivity index (χ4n) is 4.37. The number of carboxylic acids is 1. The first kappa shape index (κ1) is 29.6. The van der Waals surface area contributed by atoms with Crippen LogP contribution in [0.4, 0.5) is 5.69 Å². The first-order valence-corrected chi connectivity index (χ1v) is 14.1. The highest BCUT2D eigenvalue weighted by Crippen LogP contribution is 2.36.